The molecule has 0 radical (unpaired) electrons. The maximum Gasteiger partial charge on any atom is 0.337 e. The maximum absolute atomic E-state index is 12.1. The molecule has 0 fully saturated rings. The van der Waals surface area contributed by atoms with Gasteiger partial charge in [-0.1, -0.05) is 43.7 Å². The van der Waals surface area contributed by atoms with Crippen molar-refractivity contribution in [2.24, 2.45) is 0 Å². The van der Waals surface area contributed by atoms with E-state index in [4.69, 9.17) is 0 Å². The number of hydrogen-bond acceptors (Lipinski definition) is 6. The van der Waals surface area contributed by atoms with Gasteiger partial charge in [-0.05, 0) is 41.1 Å². The number of imidazole rings is 1. The largest absolute Gasteiger partial charge is 0.478 e. The fraction of sp³-hybridized carbons (Fsp3) is 0.261. The van der Waals surface area contributed by atoms with Crippen molar-refractivity contribution in [2.45, 2.75) is 39.7 Å². The molecule has 0 bridgehead atoms. The molecule has 0 spiro atoms. The molecule has 0 unspecified atom stereocenters. The van der Waals surface area contributed by atoms with Gasteiger partial charge in [-0.3, -0.25) is 0 Å². The minimum atomic E-state index is -0.933. The standard InChI is InChI=1S/C23H24N6O2S/c1-3-4-7-20-24-13-18(15(2)21(23(30)31)19-6-5-12-32-19)29(20)14-16-8-10-17(11-9-16)22-25-27-28-26-22/h5-6,8-13H,3-4,7,14H2,1-2H3,(H,30,31)(H,25,26,27,28)/b21-15-. The van der Waals surface area contributed by atoms with Gasteiger partial charge in [0, 0.05) is 23.4 Å². The number of allylic oxidation sites excluding steroid dienone is 1. The molecule has 0 saturated heterocycles. The van der Waals surface area contributed by atoms with Gasteiger partial charge in [0.05, 0.1) is 17.5 Å². The first-order chi connectivity index (χ1) is 15.6. The fourth-order valence-electron chi connectivity index (χ4n) is 3.65. The van der Waals surface area contributed by atoms with Gasteiger partial charge in [0.15, 0.2) is 0 Å². The van der Waals surface area contributed by atoms with Crippen molar-refractivity contribution in [2.75, 3.05) is 0 Å². The summed E-state index contributed by atoms with van der Waals surface area (Å²) < 4.78 is 2.13. The summed E-state index contributed by atoms with van der Waals surface area (Å²) in [6, 6.07) is 11.7. The van der Waals surface area contributed by atoms with Crippen LogP contribution in [0.5, 0.6) is 0 Å². The zero-order valence-corrected chi connectivity index (χ0v) is 18.8. The third-order valence-electron chi connectivity index (χ3n) is 5.33. The van der Waals surface area contributed by atoms with Crippen LogP contribution >= 0.6 is 11.3 Å². The van der Waals surface area contributed by atoms with Gasteiger partial charge in [-0.25, -0.2) is 9.78 Å². The number of thiophene rings is 1. The van der Waals surface area contributed by atoms with Crippen LogP contribution < -0.4 is 0 Å². The summed E-state index contributed by atoms with van der Waals surface area (Å²) in [5.41, 5.74) is 3.80. The normalized spacial score (nSPS) is 12.1. The highest BCUT2D eigenvalue weighted by Gasteiger charge is 2.20. The quantitative estimate of drug-likeness (QED) is 0.364. The number of unbranched alkanes of at least 4 members (excludes halogenated alkanes) is 1. The summed E-state index contributed by atoms with van der Waals surface area (Å²) in [6.07, 6.45) is 4.72. The van der Waals surface area contributed by atoms with E-state index in [1.165, 1.54) is 11.3 Å². The predicted molar refractivity (Wildman–Crippen MR) is 124 cm³/mol. The second kappa shape index (κ2) is 9.69. The molecule has 0 atom stereocenters. The Hall–Kier alpha value is -3.59. The minimum absolute atomic E-state index is 0.315. The van der Waals surface area contributed by atoms with Crippen molar-refractivity contribution < 1.29 is 9.90 Å². The van der Waals surface area contributed by atoms with Crippen LogP contribution in [0.4, 0.5) is 0 Å². The van der Waals surface area contributed by atoms with Crippen molar-refractivity contribution in [3.05, 3.63) is 69.9 Å². The first-order valence-corrected chi connectivity index (χ1v) is 11.3. The predicted octanol–water partition coefficient (Wildman–Crippen LogP) is 4.53. The summed E-state index contributed by atoms with van der Waals surface area (Å²) in [5, 5.41) is 25.9. The number of nitrogens with one attached hydrogen (secondary N) is 1. The number of aryl methyl sites for hydroxylation is 1. The van der Waals surface area contributed by atoms with Gasteiger partial charge in [0.25, 0.3) is 0 Å². The molecule has 164 valence electrons. The van der Waals surface area contributed by atoms with E-state index >= 15 is 0 Å². The van der Waals surface area contributed by atoms with E-state index in [-0.39, 0.29) is 0 Å². The molecule has 2 N–H and O–H groups in total. The number of hydrogen-bond donors (Lipinski definition) is 2. The number of carbonyl (C=O) groups is 1. The summed E-state index contributed by atoms with van der Waals surface area (Å²) in [4.78, 5) is 17.5. The molecule has 0 aliphatic rings. The molecule has 0 saturated carbocycles. The summed E-state index contributed by atoms with van der Waals surface area (Å²) in [5.74, 6) is 0.570. The molecule has 3 aromatic heterocycles. The Labute approximate surface area is 189 Å². The fourth-order valence-corrected chi connectivity index (χ4v) is 4.47. The molecule has 9 heteroatoms. The van der Waals surface area contributed by atoms with Crippen molar-refractivity contribution in [3.8, 4) is 11.4 Å². The minimum Gasteiger partial charge on any atom is -0.478 e. The highest BCUT2D eigenvalue weighted by Crippen LogP contribution is 2.30. The number of benzene rings is 1. The molecule has 3 heterocycles. The van der Waals surface area contributed by atoms with Crippen LogP contribution in [0.15, 0.2) is 48.0 Å². The zero-order chi connectivity index (χ0) is 22.5. The maximum atomic E-state index is 12.1. The van der Waals surface area contributed by atoms with Crippen molar-refractivity contribution >= 4 is 28.5 Å². The first kappa shape index (κ1) is 21.6. The van der Waals surface area contributed by atoms with Gasteiger partial charge in [0.2, 0.25) is 5.82 Å². The number of aromatic nitrogens is 6. The third-order valence-corrected chi connectivity index (χ3v) is 6.22. The summed E-state index contributed by atoms with van der Waals surface area (Å²) in [7, 11) is 0. The van der Waals surface area contributed by atoms with E-state index in [1.807, 2.05) is 48.7 Å². The SMILES string of the molecule is CCCCc1ncc(/C(C)=C(\C(=O)O)c2cccs2)n1Cc1ccc(-c2nn[nH]n2)cc1. The average Bonchev–Trinajstić information content (AvgIpc) is 3.55. The van der Waals surface area contributed by atoms with E-state index < -0.39 is 5.97 Å². The number of H-pyrrole nitrogens is 1. The smallest absolute Gasteiger partial charge is 0.337 e. The molecular weight excluding hydrogens is 424 g/mol. The van der Waals surface area contributed by atoms with Gasteiger partial charge >= 0.3 is 5.97 Å². The van der Waals surface area contributed by atoms with E-state index in [9.17, 15) is 9.90 Å². The van der Waals surface area contributed by atoms with E-state index in [1.54, 1.807) is 6.20 Å². The topological polar surface area (TPSA) is 110 Å². The monoisotopic (exact) mass is 448 g/mol. The van der Waals surface area contributed by atoms with Crippen LogP contribution in [-0.4, -0.2) is 41.3 Å². The summed E-state index contributed by atoms with van der Waals surface area (Å²) in [6.45, 7) is 4.60. The number of carboxylic acid groups (broad SMARTS) is 1. The third kappa shape index (κ3) is 4.52. The average molecular weight is 449 g/mol. The van der Waals surface area contributed by atoms with Crippen molar-refractivity contribution in [3.63, 3.8) is 0 Å². The highest BCUT2D eigenvalue weighted by molar-refractivity contribution is 7.11. The molecule has 8 nitrogen and oxygen atoms in total. The zero-order valence-electron chi connectivity index (χ0n) is 17.9. The Balaban J connectivity index is 1.73. The Bertz CT molecular complexity index is 1210. The Morgan fingerprint density at radius 1 is 1.22 bits per heavy atom. The lowest BCUT2D eigenvalue weighted by Crippen LogP contribution is -2.10. The first-order valence-electron chi connectivity index (χ1n) is 10.4. The van der Waals surface area contributed by atoms with Crippen LogP contribution in [0, 0.1) is 0 Å². The van der Waals surface area contributed by atoms with Crippen LogP contribution in [0.1, 0.15) is 48.6 Å². The molecular formula is C23H24N6O2S. The number of aliphatic carboxylic acids is 1. The lowest BCUT2D eigenvalue weighted by atomic mass is 10.0. The molecule has 0 amide bonds. The van der Waals surface area contributed by atoms with Gasteiger partial charge < -0.3 is 9.67 Å². The molecule has 0 aliphatic heterocycles. The van der Waals surface area contributed by atoms with Crippen LogP contribution in [-0.2, 0) is 17.8 Å². The number of tetrazole rings is 1. The molecule has 0 aliphatic carbocycles. The molecule has 4 rings (SSSR count). The van der Waals surface area contributed by atoms with Crippen molar-refractivity contribution in [1.29, 1.82) is 0 Å². The second-order valence-electron chi connectivity index (χ2n) is 7.46. The lowest BCUT2D eigenvalue weighted by molar-refractivity contribution is -0.130. The molecule has 1 aromatic carbocycles. The Morgan fingerprint density at radius 3 is 2.66 bits per heavy atom. The number of carboxylic acids is 1. The van der Waals surface area contributed by atoms with Crippen molar-refractivity contribution in [1.82, 2.24) is 30.2 Å². The summed E-state index contributed by atoms with van der Waals surface area (Å²) >= 11 is 1.43. The van der Waals surface area contributed by atoms with Crippen LogP contribution in [0.25, 0.3) is 22.5 Å². The van der Waals surface area contributed by atoms with Gasteiger partial charge in [-0.15, -0.1) is 21.5 Å². The van der Waals surface area contributed by atoms with Crippen LogP contribution in [0.2, 0.25) is 0 Å². The molecule has 32 heavy (non-hydrogen) atoms. The molecule has 4 aromatic rings. The van der Waals surface area contributed by atoms with Gasteiger partial charge in [-0.2, -0.15) is 5.21 Å². The second-order valence-corrected chi connectivity index (χ2v) is 8.41. The van der Waals surface area contributed by atoms with E-state index in [2.05, 4.69) is 37.1 Å². The Morgan fingerprint density at radius 2 is 2.03 bits per heavy atom. The highest BCUT2D eigenvalue weighted by atomic mass is 32.1. The number of nitrogens with zero attached hydrogens (tertiary/aromatic N) is 5. The van der Waals surface area contributed by atoms with Crippen LogP contribution in [0.3, 0.4) is 0 Å². The Kier molecular flexibility index (Phi) is 6.55. The number of aromatic amines is 1. The lowest BCUT2D eigenvalue weighted by Gasteiger charge is -2.14. The number of rotatable bonds is 9. The van der Waals surface area contributed by atoms with E-state index in [0.29, 0.717) is 23.5 Å². The van der Waals surface area contributed by atoms with E-state index in [0.717, 1.165) is 46.8 Å². The van der Waals surface area contributed by atoms with Gasteiger partial charge in [0.1, 0.15) is 5.82 Å².